The van der Waals surface area contributed by atoms with Crippen LogP contribution in [0.15, 0.2) is 77.1 Å². The van der Waals surface area contributed by atoms with Crippen LogP contribution in [0.1, 0.15) is 31.1 Å². The fourth-order valence-electron chi connectivity index (χ4n) is 4.05. The summed E-state index contributed by atoms with van der Waals surface area (Å²) < 4.78 is 15.6. The number of ether oxygens (including phenoxy) is 3. The van der Waals surface area contributed by atoms with Gasteiger partial charge in [0.1, 0.15) is 11.7 Å². The van der Waals surface area contributed by atoms with Gasteiger partial charge >= 0.3 is 11.9 Å². The largest absolute Gasteiger partial charge is 0.497 e. The highest BCUT2D eigenvalue weighted by Gasteiger charge is 2.44. The van der Waals surface area contributed by atoms with Crippen LogP contribution in [0.3, 0.4) is 0 Å². The maximum Gasteiger partial charge on any atom is 0.336 e. The predicted octanol–water partition coefficient (Wildman–Crippen LogP) is 4.30. The molecule has 1 atom stereocenters. The van der Waals surface area contributed by atoms with E-state index in [9.17, 15) is 14.4 Å². The number of carbonyl (C=O) groups excluding carboxylic acids is 3. The summed E-state index contributed by atoms with van der Waals surface area (Å²) in [6, 6.07) is 15.8. The molecule has 0 spiro atoms. The molecule has 33 heavy (non-hydrogen) atoms. The van der Waals surface area contributed by atoms with E-state index in [-0.39, 0.29) is 23.5 Å². The van der Waals surface area contributed by atoms with E-state index < -0.39 is 17.9 Å². The highest BCUT2D eigenvalue weighted by atomic mass is 16.5. The lowest BCUT2D eigenvalue weighted by molar-refractivity contribution is -0.148. The second-order valence-corrected chi connectivity index (χ2v) is 7.40. The first-order chi connectivity index (χ1) is 15.8. The zero-order valence-electron chi connectivity index (χ0n) is 19.4. The van der Waals surface area contributed by atoms with Crippen LogP contribution in [0.25, 0.3) is 0 Å². The molecular formula is C26H27NO6. The van der Waals surface area contributed by atoms with Gasteiger partial charge < -0.3 is 19.1 Å². The Morgan fingerprint density at radius 2 is 1.48 bits per heavy atom. The van der Waals surface area contributed by atoms with Gasteiger partial charge in [0, 0.05) is 28.2 Å². The molecule has 0 saturated carbocycles. The van der Waals surface area contributed by atoms with Crippen molar-refractivity contribution < 1.29 is 28.6 Å². The quantitative estimate of drug-likeness (QED) is 0.460. The number of Topliss-reactive ketones (excluding diaryl/α,β-unsaturated/α-hetero) is 1. The fourth-order valence-corrected chi connectivity index (χ4v) is 4.05. The van der Waals surface area contributed by atoms with E-state index in [1.165, 1.54) is 7.11 Å². The second kappa shape index (κ2) is 10.2. The van der Waals surface area contributed by atoms with E-state index in [4.69, 9.17) is 14.2 Å². The first-order valence-corrected chi connectivity index (χ1v) is 10.6. The number of carbonyl (C=O) groups is 3. The van der Waals surface area contributed by atoms with Gasteiger partial charge in [0.25, 0.3) is 0 Å². The Kier molecular flexibility index (Phi) is 7.33. The van der Waals surface area contributed by atoms with Crippen molar-refractivity contribution in [3.63, 3.8) is 0 Å². The molecule has 0 saturated heterocycles. The average molecular weight is 450 g/mol. The summed E-state index contributed by atoms with van der Waals surface area (Å²) >= 11 is 0. The Labute approximate surface area is 193 Å². The van der Waals surface area contributed by atoms with Crippen molar-refractivity contribution in [1.29, 1.82) is 0 Å². The second-order valence-electron chi connectivity index (χ2n) is 7.40. The standard InChI is InChI=1S/C26H27NO6/c1-6-33-26(30)23-21(24(28)18-10-8-7-9-11-18)16(2)27(17(3)22(23)25(29)32-5)19-12-14-20(31-4)15-13-19/h7-15,23H,6H2,1-5H3. The van der Waals surface area contributed by atoms with Crippen molar-refractivity contribution in [3.8, 4) is 5.75 Å². The van der Waals surface area contributed by atoms with Crippen LogP contribution in [0.2, 0.25) is 0 Å². The van der Waals surface area contributed by atoms with E-state index >= 15 is 0 Å². The van der Waals surface area contributed by atoms with Crippen molar-refractivity contribution >= 4 is 23.4 Å². The highest BCUT2D eigenvalue weighted by Crippen LogP contribution is 2.41. The van der Waals surface area contributed by atoms with Gasteiger partial charge in [0.2, 0.25) is 0 Å². The Bertz CT molecular complexity index is 1120. The summed E-state index contributed by atoms with van der Waals surface area (Å²) in [7, 11) is 2.81. The summed E-state index contributed by atoms with van der Waals surface area (Å²) in [4.78, 5) is 41.5. The number of esters is 2. The van der Waals surface area contributed by atoms with Gasteiger partial charge in [-0.15, -0.1) is 0 Å². The normalized spacial score (nSPS) is 15.9. The molecule has 2 aromatic carbocycles. The summed E-state index contributed by atoms with van der Waals surface area (Å²) in [5.74, 6) is -2.28. The Hall–Kier alpha value is -3.87. The molecule has 0 fully saturated rings. The van der Waals surface area contributed by atoms with E-state index in [2.05, 4.69) is 0 Å². The van der Waals surface area contributed by atoms with Crippen molar-refractivity contribution in [2.45, 2.75) is 20.8 Å². The van der Waals surface area contributed by atoms with Gasteiger partial charge in [0.05, 0.1) is 26.4 Å². The topological polar surface area (TPSA) is 82.1 Å². The van der Waals surface area contributed by atoms with Gasteiger partial charge in [0.15, 0.2) is 5.78 Å². The number of hydrogen-bond donors (Lipinski definition) is 0. The molecule has 7 heteroatoms. The van der Waals surface area contributed by atoms with Gasteiger partial charge in [-0.2, -0.15) is 0 Å². The smallest absolute Gasteiger partial charge is 0.336 e. The number of ketones is 1. The fraction of sp³-hybridized carbons (Fsp3) is 0.269. The molecular weight excluding hydrogens is 422 g/mol. The van der Waals surface area contributed by atoms with Crippen LogP contribution in [0, 0.1) is 5.92 Å². The highest BCUT2D eigenvalue weighted by molar-refractivity contribution is 6.15. The molecule has 0 aromatic heterocycles. The van der Waals surface area contributed by atoms with Crippen LogP contribution in [0.5, 0.6) is 5.75 Å². The van der Waals surface area contributed by atoms with Crippen molar-refractivity contribution in [3.05, 3.63) is 82.7 Å². The summed E-state index contributed by atoms with van der Waals surface area (Å²) in [5.41, 5.74) is 2.34. The number of anilines is 1. The van der Waals surface area contributed by atoms with E-state index in [0.717, 1.165) is 0 Å². The lowest BCUT2D eigenvalue weighted by Crippen LogP contribution is -2.39. The van der Waals surface area contributed by atoms with Crippen molar-refractivity contribution in [2.24, 2.45) is 5.92 Å². The third-order valence-electron chi connectivity index (χ3n) is 5.57. The molecule has 2 aromatic rings. The summed E-state index contributed by atoms with van der Waals surface area (Å²) in [6.45, 7) is 5.26. The minimum atomic E-state index is -1.21. The van der Waals surface area contributed by atoms with Crippen LogP contribution < -0.4 is 9.64 Å². The Morgan fingerprint density at radius 3 is 2.03 bits per heavy atom. The lowest BCUT2D eigenvalue weighted by Gasteiger charge is -2.37. The molecule has 0 bridgehead atoms. The molecule has 7 nitrogen and oxygen atoms in total. The summed E-state index contributed by atoms with van der Waals surface area (Å²) in [5, 5.41) is 0. The molecule has 0 aliphatic carbocycles. The lowest BCUT2D eigenvalue weighted by atomic mass is 9.80. The number of nitrogens with zero attached hydrogens (tertiary/aromatic N) is 1. The third-order valence-corrected chi connectivity index (χ3v) is 5.57. The number of rotatable bonds is 7. The Balaban J connectivity index is 2.29. The number of hydrogen-bond acceptors (Lipinski definition) is 7. The van der Waals surface area contributed by atoms with Crippen LogP contribution in [-0.4, -0.2) is 38.5 Å². The van der Waals surface area contributed by atoms with E-state index in [0.29, 0.717) is 28.4 Å². The third kappa shape index (κ3) is 4.53. The number of benzene rings is 2. The molecule has 1 aliphatic rings. The molecule has 0 N–H and O–H groups in total. The molecule has 1 heterocycles. The van der Waals surface area contributed by atoms with E-state index in [1.807, 2.05) is 12.1 Å². The maximum absolute atomic E-state index is 13.7. The molecule has 1 unspecified atom stereocenters. The number of allylic oxidation sites excluding steroid dienone is 2. The Morgan fingerprint density at radius 1 is 0.879 bits per heavy atom. The zero-order valence-corrected chi connectivity index (χ0v) is 19.4. The minimum absolute atomic E-state index is 0.0663. The minimum Gasteiger partial charge on any atom is -0.497 e. The monoisotopic (exact) mass is 449 g/mol. The SMILES string of the molecule is CCOC(=O)C1C(C(=O)OC)=C(C)N(c2ccc(OC)cc2)C(C)=C1C(=O)c1ccccc1. The van der Waals surface area contributed by atoms with Gasteiger partial charge in [-0.1, -0.05) is 30.3 Å². The molecule has 1 aliphatic heterocycles. The molecule has 0 radical (unpaired) electrons. The molecule has 3 rings (SSSR count). The summed E-state index contributed by atoms with van der Waals surface area (Å²) in [6.07, 6.45) is 0. The van der Waals surface area contributed by atoms with Crippen molar-refractivity contribution in [1.82, 2.24) is 0 Å². The van der Waals surface area contributed by atoms with Crippen LogP contribution in [-0.2, 0) is 19.1 Å². The van der Waals surface area contributed by atoms with E-state index in [1.54, 1.807) is 75.2 Å². The first-order valence-electron chi connectivity index (χ1n) is 10.6. The van der Waals surface area contributed by atoms with Gasteiger partial charge in [-0.05, 0) is 45.0 Å². The number of methoxy groups -OCH3 is 2. The maximum atomic E-state index is 13.7. The zero-order chi connectivity index (χ0) is 24.1. The predicted molar refractivity (Wildman–Crippen MR) is 124 cm³/mol. The first kappa shape index (κ1) is 23.8. The van der Waals surface area contributed by atoms with Gasteiger partial charge in [-0.3, -0.25) is 9.59 Å². The van der Waals surface area contributed by atoms with Crippen molar-refractivity contribution in [2.75, 3.05) is 25.7 Å². The average Bonchev–Trinajstić information content (AvgIpc) is 2.84. The van der Waals surface area contributed by atoms with Crippen LogP contribution >= 0.6 is 0 Å². The van der Waals surface area contributed by atoms with Gasteiger partial charge in [-0.25, -0.2) is 4.79 Å². The van der Waals surface area contributed by atoms with Crippen LogP contribution in [0.4, 0.5) is 5.69 Å². The molecule has 0 amide bonds. The molecule has 172 valence electrons.